The summed E-state index contributed by atoms with van der Waals surface area (Å²) in [5, 5.41) is 0. The van der Waals surface area contributed by atoms with Gasteiger partial charge in [-0.1, -0.05) is 0 Å². The summed E-state index contributed by atoms with van der Waals surface area (Å²) in [6.07, 6.45) is -13.7. The molecule has 0 atom stereocenters. The fraction of sp³-hybridized carbons (Fsp3) is 1.00. The molecule has 13 heteroatoms. The number of hydrogen-bond acceptors (Lipinski definition) is 6. The van der Waals surface area contributed by atoms with E-state index in [0.29, 0.717) is 0 Å². The highest BCUT2D eigenvalue weighted by molar-refractivity contribution is 8.05. The van der Waals surface area contributed by atoms with Crippen LogP contribution in [0.4, 0.5) is 22.0 Å². The van der Waals surface area contributed by atoms with Crippen LogP contribution in [-0.2, 0) is 28.6 Å². The van der Waals surface area contributed by atoms with Crippen LogP contribution >= 0.6 is 0 Å². The van der Waals surface area contributed by atoms with E-state index < -0.39 is 50.1 Å². The second-order valence-electron chi connectivity index (χ2n) is 3.13. The van der Waals surface area contributed by atoms with Crippen molar-refractivity contribution in [1.29, 1.82) is 0 Å². The van der Waals surface area contributed by atoms with Crippen LogP contribution in [0.15, 0.2) is 0 Å². The van der Waals surface area contributed by atoms with Crippen molar-refractivity contribution in [3.63, 3.8) is 0 Å². The topological polar surface area (TPSA) is 86.7 Å². The van der Waals surface area contributed by atoms with Crippen molar-refractivity contribution in [1.82, 2.24) is 0 Å². The van der Waals surface area contributed by atoms with E-state index in [4.69, 9.17) is 0 Å². The predicted octanol–water partition coefficient (Wildman–Crippen LogP) is 0.563. The molecule has 1 heterocycles. The molecular weight excluding hydrogens is 315 g/mol. The molecule has 1 aliphatic rings. The van der Waals surface area contributed by atoms with E-state index >= 15 is 0 Å². The lowest BCUT2D eigenvalue weighted by Gasteiger charge is -2.27. The van der Waals surface area contributed by atoms with Crippen LogP contribution < -0.4 is 0 Å². The highest BCUT2D eigenvalue weighted by Crippen LogP contribution is 2.33. The largest absolute Gasteiger partial charge is 0.394 e. The van der Waals surface area contributed by atoms with Crippen molar-refractivity contribution in [2.24, 2.45) is 0 Å². The van der Waals surface area contributed by atoms with Gasteiger partial charge in [0.25, 0.3) is 31.2 Å². The third-order valence-electron chi connectivity index (χ3n) is 1.66. The summed E-state index contributed by atoms with van der Waals surface area (Å²) in [6, 6.07) is 0. The second kappa shape index (κ2) is 4.54. The molecule has 1 aliphatic heterocycles. The monoisotopic (exact) mass is 320 g/mol. The molecule has 0 amide bonds. The zero-order chi connectivity index (χ0) is 14.4. The van der Waals surface area contributed by atoms with Gasteiger partial charge in [0.15, 0.2) is 0 Å². The van der Waals surface area contributed by atoms with Gasteiger partial charge in [-0.2, -0.15) is 30.0 Å². The molecule has 0 bridgehead atoms. The van der Waals surface area contributed by atoms with E-state index in [2.05, 4.69) is 8.37 Å². The quantitative estimate of drug-likeness (QED) is 0.546. The summed E-state index contributed by atoms with van der Waals surface area (Å²) in [6.45, 7) is 0. The maximum absolute atomic E-state index is 12.2. The lowest BCUT2D eigenvalue weighted by Crippen LogP contribution is -2.48. The number of rotatable bonds is 2. The first-order chi connectivity index (χ1) is 7.85. The molecule has 0 aromatic heterocycles. The van der Waals surface area contributed by atoms with Gasteiger partial charge in [-0.25, -0.2) is 17.1 Å². The Kier molecular flexibility index (Phi) is 3.92. The predicted molar refractivity (Wildman–Crippen MR) is 44.3 cm³/mol. The van der Waals surface area contributed by atoms with Crippen molar-refractivity contribution in [3.05, 3.63) is 0 Å². The number of alkyl halides is 5. The SMILES string of the molecule is O=S1(=O)OC(CC(F)(F)F)OS(=O)(=O)C1C(F)F. The second-order valence-corrected chi connectivity index (χ2v) is 6.80. The summed E-state index contributed by atoms with van der Waals surface area (Å²) < 4.78 is 108. The van der Waals surface area contributed by atoms with E-state index in [1.54, 1.807) is 0 Å². The van der Waals surface area contributed by atoms with Crippen molar-refractivity contribution < 1.29 is 47.2 Å². The standard InChI is InChI=1S/C5H5F5O6S2/c6-3(7)4-17(11,12)15-2(1-5(8,9)10)16-18(4,13)14/h2-4H,1H2. The van der Waals surface area contributed by atoms with E-state index in [-0.39, 0.29) is 0 Å². The average molecular weight is 320 g/mol. The summed E-state index contributed by atoms with van der Waals surface area (Å²) in [7, 11) is -10.8. The molecule has 0 spiro atoms. The molecule has 6 nitrogen and oxygen atoms in total. The zero-order valence-corrected chi connectivity index (χ0v) is 9.73. The summed E-state index contributed by atoms with van der Waals surface area (Å²) >= 11 is 0. The van der Waals surface area contributed by atoms with Crippen LogP contribution in [0.2, 0.25) is 0 Å². The Labute approximate surface area is 97.9 Å². The van der Waals surface area contributed by atoms with Gasteiger partial charge in [-0.05, 0) is 0 Å². The fourth-order valence-corrected chi connectivity index (χ4v) is 4.09. The number of halogens is 5. The highest BCUT2D eigenvalue weighted by Gasteiger charge is 2.55. The van der Waals surface area contributed by atoms with E-state index in [9.17, 15) is 38.8 Å². The van der Waals surface area contributed by atoms with Gasteiger partial charge < -0.3 is 0 Å². The van der Waals surface area contributed by atoms with Crippen LogP contribution in [0.3, 0.4) is 0 Å². The molecular formula is C5H5F5O6S2. The molecule has 1 saturated heterocycles. The molecule has 108 valence electrons. The summed E-state index contributed by atoms with van der Waals surface area (Å²) in [5.41, 5.74) is 0. The molecule has 0 saturated carbocycles. The van der Waals surface area contributed by atoms with Crippen molar-refractivity contribution in [3.8, 4) is 0 Å². The lowest BCUT2D eigenvalue weighted by atomic mass is 10.4. The van der Waals surface area contributed by atoms with Gasteiger partial charge in [0, 0.05) is 0 Å². The van der Waals surface area contributed by atoms with Crippen LogP contribution in [-0.4, -0.2) is 40.3 Å². The number of hydrogen-bond donors (Lipinski definition) is 0. The molecule has 0 radical (unpaired) electrons. The maximum Gasteiger partial charge on any atom is 0.394 e. The highest BCUT2D eigenvalue weighted by atomic mass is 32.3. The summed E-state index contributed by atoms with van der Waals surface area (Å²) in [4.78, 5) is 0. The third kappa shape index (κ3) is 3.49. The Morgan fingerprint density at radius 3 is 1.67 bits per heavy atom. The zero-order valence-electron chi connectivity index (χ0n) is 8.09. The van der Waals surface area contributed by atoms with Crippen LogP contribution in [0.5, 0.6) is 0 Å². The third-order valence-corrected chi connectivity index (χ3v) is 5.59. The Balaban J connectivity index is 3.08. The Morgan fingerprint density at radius 2 is 1.39 bits per heavy atom. The first kappa shape index (κ1) is 15.5. The van der Waals surface area contributed by atoms with Gasteiger partial charge >= 0.3 is 6.18 Å². The Morgan fingerprint density at radius 1 is 1.00 bits per heavy atom. The minimum Gasteiger partial charge on any atom is -0.235 e. The van der Waals surface area contributed by atoms with E-state index in [0.717, 1.165) is 0 Å². The smallest absolute Gasteiger partial charge is 0.235 e. The molecule has 0 aromatic rings. The first-order valence-electron chi connectivity index (χ1n) is 4.04. The van der Waals surface area contributed by atoms with Gasteiger partial charge in [0.2, 0.25) is 6.29 Å². The van der Waals surface area contributed by atoms with Gasteiger partial charge in [-0.15, -0.1) is 0 Å². The Hall–Kier alpha value is -0.530. The van der Waals surface area contributed by atoms with Gasteiger partial charge in [0.05, 0.1) is 6.42 Å². The average Bonchev–Trinajstić information content (AvgIpc) is 1.90. The molecule has 0 aromatic carbocycles. The van der Waals surface area contributed by atoms with E-state index in [1.165, 1.54) is 0 Å². The van der Waals surface area contributed by atoms with E-state index in [1.807, 2.05) is 0 Å². The van der Waals surface area contributed by atoms with Gasteiger partial charge in [-0.3, -0.25) is 0 Å². The molecule has 0 N–H and O–H groups in total. The molecule has 1 rings (SSSR count). The molecule has 0 aliphatic carbocycles. The van der Waals surface area contributed by atoms with Gasteiger partial charge in [0.1, 0.15) is 0 Å². The lowest BCUT2D eigenvalue weighted by molar-refractivity contribution is -0.175. The fourth-order valence-electron chi connectivity index (χ4n) is 1.08. The maximum atomic E-state index is 12.2. The molecule has 18 heavy (non-hydrogen) atoms. The minimum atomic E-state index is -5.41. The minimum absolute atomic E-state index is 2.07. The normalized spacial score (nSPS) is 31.4. The van der Waals surface area contributed by atoms with Crippen LogP contribution in [0.1, 0.15) is 6.42 Å². The Bertz CT molecular complexity index is 471. The first-order valence-corrected chi connectivity index (χ1v) is 6.98. The van der Waals surface area contributed by atoms with Crippen LogP contribution in [0, 0.1) is 0 Å². The van der Waals surface area contributed by atoms with Crippen molar-refractivity contribution in [2.75, 3.05) is 0 Å². The van der Waals surface area contributed by atoms with Crippen LogP contribution in [0.25, 0.3) is 0 Å². The summed E-state index contributed by atoms with van der Waals surface area (Å²) in [5.74, 6) is 0. The van der Waals surface area contributed by atoms with Crippen molar-refractivity contribution >= 4 is 20.2 Å². The molecule has 1 fully saturated rings. The molecule has 0 unspecified atom stereocenters. The van der Waals surface area contributed by atoms with Crippen molar-refractivity contribution in [2.45, 2.75) is 29.9 Å².